The van der Waals surface area contributed by atoms with Gasteiger partial charge in [0.2, 0.25) is 0 Å². The zero-order chi connectivity index (χ0) is 19.7. The smallest absolute Gasteiger partial charge is 0.264 e. The van der Waals surface area contributed by atoms with Gasteiger partial charge in [-0.15, -0.1) is 11.3 Å². The van der Waals surface area contributed by atoms with E-state index in [-0.39, 0.29) is 12.0 Å². The van der Waals surface area contributed by atoms with Gasteiger partial charge in [0.05, 0.1) is 16.5 Å². The Balaban J connectivity index is 1.66. The van der Waals surface area contributed by atoms with Gasteiger partial charge >= 0.3 is 0 Å². The summed E-state index contributed by atoms with van der Waals surface area (Å²) in [7, 11) is 0. The summed E-state index contributed by atoms with van der Waals surface area (Å²) in [5, 5.41) is 3.42. The highest BCUT2D eigenvalue weighted by atomic mass is 35.5. The lowest BCUT2D eigenvalue weighted by molar-refractivity contribution is 0.0511. The Morgan fingerprint density at radius 1 is 1.36 bits per heavy atom. The average molecular weight is 415 g/mol. The SMILES string of the molecule is Cc1ccc2cc(CN(C[C@H]3CCCO3)C(=O)c3cccs3)c(Cl)nc2c1C. The average Bonchev–Trinajstić information content (AvgIpc) is 3.39. The topological polar surface area (TPSA) is 42.4 Å². The molecule has 28 heavy (non-hydrogen) atoms. The lowest BCUT2D eigenvalue weighted by atomic mass is 10.0. The number of aromatic nitrogens is 1. The Bertz CT molecular complexity index is 997. The summed E-state index contributed by atoms with van der Waals surface area (Å²) in [6.07, 6.45) is 2.11. The molecule has 0 N–H and O–H groups in total. The number of amides is 1. The van der Waals surface area contributed by atoms with Crippen LogP contribution in [0, 0.1) is 13.8 Å². The molecule has 3 aromatic rings. The van der Waals surface area contributed by atoms with Crippen LogP contribution in [0.3, 0.4) is 0 Å². The molecule has 3 heterocycles. The van der Waals surface area contributed by atoms with E-state index in [0.717, 1.165) is 46.4 Å². The monoisotopic (exact) mass is 414 g/mol. The number of benzene rings is 1. The lowest BCUT2D eigenvalue weighted by Gasteiger charge is -2.25. The predicted molar refractivity (Wildman–Crippen MR) is 114 cm³/mol. The second kappa shape index (κ2) is 8.19. The van der Waals surface area contributed by atoms with E-state index < -0.39 is 0 Å². The maximum atomic E-state index is 13.1. The third-order valence-corrected chi connectivity index (χ3v) is 6.55. The van der Waals surface area contributed by atoms with Crippen LogP contribution in [0.5, 0.6) is 0 Å². The zero-order valence-corrected chi connectivity index (χ0v) is 17.6. The van der Waals surface area contributed by atoms with E-state index in [1.165, 1.54) is 16.9 Å². The molecule has 0 bridgehead atoms. The summed E-state index contributed by atoms with van der Waals surface area (Å²) in [5.41, 5.74) is 4.11. The summed E-state index contributed by atoms with van der Waals surface area (Å²) in [4.78, 5) is 20.3. The van der Waals surface area contributed by atoms with Crippen molar-refractivity contribution >= 4 is 39.7 Å². The molecule has 4 rings (SSSR count). The normalized spacial score (nSPS) is 16.6. The Morgan fingerprint density at radius 2 is 2.21 bits per heavy atom. The largest absolute Gasteiger partial charge is 0.376 e. The number of carbonyl (C=O) groups excluding carboxylic acids is 1. The number of nitrogens with zero attached hydrogens (tertiary/aromatic N) is 2. The summed E-state index contributed by atoms with van der Waals surface area (Å²) in [5.74, 6) is 0.0155. The van der Waals surface area contributed by atoms with E-state index >= 15 is 0 Å². The van der Waals surface area contributed by atoms with Gasteiger partial charge in [-0.25, -0.2) is 4.98 Å². The molecular weight excluding hydrogens is 392 g/mol. The van der Waals surface area contributed by atoms with Crippen LogP contribution < -0.4 is 0 Å². The molecule has 146 valence electrons. The molecule has 0 radical (unpaired) electrons. The highest BCUT2D eigenvalue weighted by molar-refractivity contribution is 7.12. The van der Waals surface area contributed by atoms with E-state index in [9.17, 15) is 4.79 Å². The zero-order valence-electron chi connectivity index (χ0n) is 16.1. The molecule has 1 aliphatic rings. The molecule has 1 saturated heterocycles. The highest BCUT2D eigenvalue weighted by Gasteiger charge is 2.25. The predicted octanol–water partition coefficient (Wildman–Crippen LogP) is 5.39. The number of thiophene rings is 1. The Hall–Kier alpha value is -1.95. The van der Waals surface area contributed by atoms with Gasteiger partial charge in [-0.05, 0) is 55.3 Å². The molecule has 0 unspecified atom stereocenters. The van der Waals surface area contributed by atoms with Crippen molar-refractivity contribution in [2.75, 3.05) is 13.2 Å². The highest BCUT2D eigenvalue weighted by Crippen LogP contribution is 2.27. The first-order chi connectivity index (χ1) is 13.5. The molecule has 1 atom stereocenters. The molecule has 4 nitrogen and oxygen atoms in total. The standard InChI is InChI=1S/C22H23ClN2O2S/c1-14-7-8-16-11-17(21(23)24-20(16)15(14)2)12-25(13-18-5-3-9-27-18)22(26)19-6-4-10-28-19/h4,6-8,10-11,18H,3,5,9,12-13H2,1-2H3/t18-/m1/s1. The summed E-state index contributed by atoms with van der Waals surface area (Å²) < 4.78 is 5.78. The maximum absolute atomic E-state index is 13.1. The molecule has 1 aromatic carbocycles. The molecule has 1 fully saturated rings. The second-order valence-electron chi connectivity index (χ2n) is 7.32. The molecule has 1 amide bonds. The first kappa shape index (κ1) is 19.4. The van der Waals surface area contributed by atoms with Crippen molar-refractivity contribution in [1.29, 1.82) is 0 Å². The van der Waals surface area contributed by atoms with Crippen molar-refractivity contribution in [1.82, 2.24) is 9.88 Å². The minimum atomic E-state index is 0.0155. The first-order valence-corrected chi connectivity index (χ1v) is 10.8. The quantitative estimate of drug-likeness (QED) is 0.526. The number of hydrogen-bond donors (Lipinski definition) is 0. The van der Waals surface area contributed by atoms with E-state index in [2.05, 4.69) is 37.0 Å². The number of pyridine rings is 1. The Labute approximate surface area is 174 Å². The van der Waals surface area contributed by atoms with Crippen LogP contribution in [0.1, 0.15) is 39.2 Å². The second-order valence-corrected chi connectivity index (χ2v) is 8.62. The van der Waals surface area contributed by atoms with Crippen molar-refractivity contribution in [3.05, 3.63) is 62.4 Å². The van der Waals surface area contributed by atoms with Crippen LogP contribution >= 0.6 is 22.9 Å². The third-order valence-electron chi connectivity index (χ3n) is 5.37. The fraction of sp³-hybridized carbons (Fsp3) is 0.364. The molecule has 0 saturated carbocycles. The van der Waals surface area contributed by atoms with Crippen LogP contribution in [0.2, 0.25) is 5.15 Å². The summed E-state index contributed by atoms with van der Waals surface area (Å²) in [6.45, 7) is 5.89. The van der Waals surface area contributed by atoms with Gasteiger partial charge in [0.25, 0.3) is 5.91 Å². The van der Waals surface area contributed by atoms with Crippen molar-refractivity contribution in [2.45, 2.75) is 39.3 Å². The fourth-order valence-corrected chi connectivity index (χ4v) is 4.52. The number of fused-ring (bicyclic) bond motifs is 1. The van der Waals surface area contributed by atoms with Gasteiger partial charge in [0.15, 0.2) is 0 Å². The van der Waals surface area contributed by atoms with Crippen molar-refractivity contribution < 1.29 is 9.53 Å². The Kier molecular flexibility index (Phi) is 5.67. The van der Waals surface area contributed by atoms with Gasteiger partial charge in [0.1, 0.15) is 5.15 Å². The van der Waals surface area contributed by atoms with Crippen LogP contribution in [0.15, 0.2) is 35.7 Å². The molecule has 6 heteroatoms. The van der Waals surface area contributed by atoms with Crippen LogP contribution in [-0.4, -0.2) is 35.0 Å². The van der Waals surface area contributed by atoms with Crippen LogP contribution in [-0.2, 0) is 11.3 Å². The minimum absolute atomic E-state index is 0.0155. The van der Waals surface area contributed by atoms with Gasteiger partial charge in [-0.1, -0.05) is 29.8 Å². The molecule has 0 aliphatic carbocycles. The van der Waals surface area contributed by atoms with E-state index in [4.69, 9.17) is 16.3 Å². The summed E-state index contributed by atoms with van der Waals surface area (Å²) in [6, 6.07) is 9.98. The van der Waals surface area contributed by atoms with Gasteiger partial charge < -0.3 is 9.64 Å². The van der Waals surface area contributed by atoms with Crippen molar-refractivity contribution in [3.8, 4) is 0 Å². The van der Waals surface area contributed by atoms with Crippen molar-refractivity contribution in [3.63, 3.8) is 0 Å². The van der Waals surface area contributed by atoms with Gasteiger partial charge in [-0.3, -0.25) is 4.79 Å². The maximum Gasteiger partial charge on any atom is 0.264 e. The minimum Gasteiger partial charge on any atom is -0.376 e. The molecule has 1 aliphatic heterocycles. The van der Waals surface area contributed by atoms with E-state index in [1.54, 1.807) is 0 Å². The number of rotatable bonds is 5. The van der Waals surface area contributed by atoms with E-state index in [0.29, 0.717) is 18.2 Å². The number of hydrogen-bond acceptors (Lipinski definition) is 4. The summed E-state index contributed by atoms with van der Waals surface area (Å²) >= 11 is 8.00. The number of ether oxygens (including phenoxy) is 1. The van der Waals surface area contributed by atoms with Crippen LogP contribution in [0.4, 0.5) is 0 Å². The van der Waals surface area contributed by atoms with Gasteiger partial charge in [0, 0.05) is 30.6 Å². The van der Waals surface area contributed by atoms with Gasteiger partial charge in [-0.2, -0.15) is 0 Å². The number of halogens is 1. The Morgan fingerprint density at radius 3 is 2.93 bits per heavy atom. The number of aryl methyl sites for hydroxylation is 2. The van der Waals surface area contributed by atoms with E-state index in [1.807, 2.05) is 22.4 Å². The fourth-order valence-electron chi connectivity index (χ4n) is 3.63. The lowest BCUT2D eigenvalue weighted by Crippen LogP contribution is -2.36. The first-order valence-electron chi connectivity index (χ1n) is 9.52. The molecule has 2 aromatic heterocycles. The molecular formula is C22H23ClN2O2S. The third kappa shape index (κ3) is 3.93. The van der Waals surface area contributed by atoms with Crippen LogP contribution in [0.25, 0.3) is 10.9 Å². The van der Waals surface area contributed by atoms with Crippen molar-refractivity contribution in [2.24, 2.45) is 0 Å². The molecule has 0 spiro atoms. The number of carbonyl (C=O) groups is 1.